The summed E-state index contributed by atoms with van der Waals surface area (Å²) in [5, 5.41) is 8.42. The van der Waals surface area contributed by atoms with Crippen LogP contribution in [0.15, 0.2) is 0 Å². The summed E-state index contributed by atoms with van der Waals surface area (Å²) < 4.78 is 34.0. The molecule has 0 radical (unpaired) electrons. The third-order valence-electron chi connectivity index (χ3n) is 1.27. The first kappa shape index (κ1) is 13.4. The van der Waals surface area contributed by atoms with Crippen LogP contribution in [0.5, 0.6) is 0 Å². The van der Waals surface area contributed by atoms with Gasteiger partial charge in [0.2, 0.25) is 0 Å². The standard InChI is InChI=1S/C6H10NO5PS/c1-5(6(8)9)7-14(11,12)4-2-3-13-10/h5,7H,2,4H2,1H3,(H,8,9)/t5-/m1/s1. The van der Waals surface area contributed by atoms with Crippen molar-refractivity contribution in [1.29, 1.82) is 0 Å². The van der Waals surface area contributed by atoms with Gasteiger partial charge in [0.15, 0.2) is 0 Å². The van der Waals surface area contributed by atoms with Gasteiger partial charge in [-0.15, -0.1) is 0 Å². The van der Waals surface area contributed by atoms with Gasteiger partial charge in [-0.3, -0.25) is 0 Å². The van der Waals surface area contributed by atoms with Crippen molar-refractivity contribution in [3.63, 3.8) is 0 Å². The predicted octanol–water partition coefficient (Wildman–Crippen LogP) is 0.0199. The molecule has 0 aliphatic heterocycles. The quantitative estimate of drug-likeness (QED) is 0.658. The van der Waals surface area contributed by atoms with E-state index in [1.165, 1.54) is 6.92 Å². The molecule has 2 N–H and O–H groups in total. The first-order valence-electron chi connectivity index (χ1n) is 3.67. The second-order valence-corrected chi connectivity index (χ2v) is 4.87. The van der Waals surface area contributed by atoms with E-state index in [4.69, 9.17) is 5.11 Å². The van der Waals surface area contributed by atoms with Crippen molar-refractivity contribution in [1.82, 2.24) is 4.72 Å². The van der Waals surface area contributed by atoms with Crippen molar-refractivity contribution in [2.45, 2.75) is 19.4 Å². The van der Waals surface area contributed by atoms with Crippen LogP contribution in [0.3, 0.4) is 0 Å². The van der Waals surface area contributed by atoms with Crippen LogP contribution in [-0.4, -0.2) is 31.3 Å². The molecule has 0 aromatic heterocycles. The molecule has 0 amide bonds. The van der Waals surface area contributed by atoms with Gasteiger partial charge in [-0.05, 0) is 0 Å². The zero-order valence-corrected chi connectivity index (χ0v) is 9.14. The van der Waals surface area contributed by atoms with Gasteiger partial charge in [0.25, 0.3) is 0 Å². The average Bonchev–Trinajstić information content (AvgIpc) is 2.03. The molecule has 0 aromatic rings. The first-order chi connectivity index (χ1) is 6.39. The fourth-order valence-electron chi connectivity index (χ4n) is 0.604. The fraction of sp³-hybridized carbons (Fsp3) is 0.667. The molecule has 0 unspecified atom stereocenters. The normalized spacial score (nSPS) is 12.9. The summed E-state index contributed by atoms with van der Waals surface area (Å²) in [7, 11) is -3.99. The molecule has 0 aliphatic rings. The van der Waals surface area contributed by atoms with E-state index in [0.29, 0.717) is 0 Å². The Morgan fingerprint density at radius 3 is 2.64 bits per heavy atom. The average molecular weight is 239 g/mol. The molecule has 0 saturated heterocycles. The fourth-order valence-corrected chi connectivity index (χ4v) is 2.09. The molecule has 0 aromatic carbocycles. The Hall–Kier alpha value is -0.610. The maximum atomic E-state index is 11.1. The van der Waals surface area contributed by atoms with Crippen LogP contribution in [-0.2, 0) is 19.4 Å². The van der Waals surface area contributed by atoms with E-state index in [2.05, 4.69) is 5.63 Å². The van der Waals surface area contributed by atoms with Gasteiger partial charge < -0.3 is 0 Å². The Kier molecular flexibility index (Phi) is 5.72. The van der Waals surface area contributed by atoms with Crippen molar-refractivity contribution in [3.8, 4) is 5.63 Å². The molecule has 8 heteroatoms. The Morgan fingerprint density at radius 2 is 2.21 bits per heavy atom. The maximum absolute atomic E-state index is 11.1. The summed E-state index contributed by atoms with van der Waals surface area (Å²) in [5.41, 5.74) is 2.26. The minimum atomic E-state index is -3.63. The summed E-state index contributed by atoms with van der Waals surface area (Å²) in [6, 6.07) is -1.16. The van der Waals surface area contributed by atoms with Crippen LogP contribution in [0.1, 0.15) is 13.3 Å². The van der Waals surface area contributed by atoms with Crippen LogP contribution >= 0.6 is 7.92 Å². The molecule has 0 heterocycles. The number of carbonyl (C=O) groups is 1. The molecule has 0 aliphatic carbocycles. The third-order valence-corrected chi connectivity index (χ3v) is 3.08. The van der Waals surface area contributed by atoms with Gasteiger partial charge in [-0.25, -0.2) is 0 Å². The number of carboxylic acids is 1. The molecular formula is C6H10NO5PS. The Morgan fingerprint density at radius 1 is 1.64 bits per heavy atom. The van der Waals surface area contributed by atoms with E-state index in [-0.39, 0.29) is 20.1 Å². The summed E-state index contributed by atoms with van der Waals surface area (Å²) >= 11 is 0. The number of nitrogens with one attached hydrogen (secondary N) is 1. The molecule has 0 fully saturated rings. The number of carboxylic acid groups (broad SMARTS) is 1. The minimum absolute atomic E-state index is 0.00721. The van der Waals surface area contributed by atoms with Gasteiger partial charge in [-0.2, -0.15) is 0 Å². The number of hydrogen-bond donors (Lipinski definition) is 2. The zero-order chi connectivity index (χ0) is 11.2. The third kappa shape index (κ3) is 5.94. The van der Waals surface area contributed by atoms with Crippen molar-refractivity contribution < 1.29 is 22.9 Å². The molecule has 0 rings (SSSR count). The SMILES string of the molecule is C[C@@H](NS(=O)(=O)CCC#P=O)C(=O)O. The van der Waals surface area contributed by atoms with E-state index < -0.39 is 22.0 Å². The second kappa shape index (κ2) is 5.98. The summed E-state index contributed by atoms with van der Waals surface area (Å²) in [5.74, 6) is -1.57. The van der Waals surface area contributed by atoms with E-state index in [1.54, 1.807) is 0 Å². The van der Waals surface area contributed by atoms with Crippen LogP contribution in [0.25, 0.3) is 0 Å². The monoisotopic (exact) mass is 239 g/mol. The van der Waals surface area contributed by atoms with Gasteiger partial charge in [0, 0.05) is 0 Å². The molecule has 0 bridgehead atoms. The first-order valence-corrected chi connectivity index (χ1v) is 6.13. The van der Waals surface area contributed by atoms with E-state index >= 15 is 0 Å². The summed E-state index contributed by atoms with van der Waals surface area (Å²) in [6.07, 6.45) is -0.00721. The zero-order valence-electron chi connectivity index (χ0n) is 7.43. The number of aliphatic carboxylic acids is 1. The van der Waals surface area contributed by atoms with Crippen molar-refractivity contribution in [3.05, 3.63) is 0 Å². The molecule has 0 saturated carbocycles. The Bertz CT molecular complexity index is 397. The van der Waals surface area contributed by atoms with Gasteiger partial charge in [0.05, 0.1) is 0 Å². The summed E-state index contributed by atoms with van der Waals surface area (Å²) in [4.78, 5) is 10.3. The molecule has 6 nitrogen and oxygen atoms in total. The van der Waals surface area contributed by atoms with Gasteiger partial charge >= 0.3 is 82.3 Å². The number of sulfonamides is 1. The topological polar surface area (TPSA) is 101 Å². The molecular weight excluding hydrogens is 229 g/mol. The van der Waals surface area contributed by atoms with Crippen molar-refractivity contribution in [2.24, 2.45) is 0 Å². The van der Waals surface area contributed by atoms with Crippen LogP contribution in [0.2, 0.25) is 0 Å². The molecule has 0 spiro atoms. The molecule has 1 atom stereocenters. The number of rotatable bonds is 5. The molecule has 14 heavy (non-hydrogen) atoms. The van der Waals surface area contributed by atoms with Crippen molar-refractivity contribution >= 4 is 23.9 Å². The van der Waals surface area contributed by atoms with E-state index in [0.717, 1.165) is 0 Å². The van der Waals surface area contributed by atoms with E-state index in [1.807, 2.05) is 4.72 Å². The molecule has 80 valence electrons. The van der Waals surface area contributed by atoms with Crippen LogP contribution < -0.4 is 4.72 Å². The van der Waals surface area contributed by atoms with E-state index in [9.17, 15) is 17.8 Å². The van der Waals surface area contributed by atoms with Crippen LogP contribution in [0.4, 0.5) is 0 Å². The van der Waals surface area contributed by atoms with Crippen LogP contribution in [0, 0.1) is 5.63 Å². The van der Waals surface area contributed by atoms with Gasteiger partial charge in [-0.1, -0.05) is 0 Å². The van der Waals surface area contributed by atoms with Crippen molar-refractivity contribution in [2.75, 3.05) is 5.75 Å². The number of hydrogen-bond acceptors (Lipinski definition) is 4. The Balaban J connectivity index is 4.25. The summed E-state index contributed by atoms with van der Waals surface area (Å²) in [6.45, 7) is 1.22. The second-order valence-electron chi connectivity index (χ2n) is 2.50. The van der Waals surface area contributed by atoms with Gasteiger partial charge in [0.1, 0.15) is 0 Å². The Labute approximate surface area is 82.9 Å². The predicted molar refractivity (Wildman–Crippen MR) is 50.1 cm³/mol.